The summed E-state index contributed by atoms with van der Waals surface area (Å²) in [6, 6.07) is 6.49. The van der Waals surface area contributed by atoms with Crippen molar-refractivity contribution >= 4 is 17.4 Å². The molecule has 1 aromatic carbocycles. The topological polar surface area (TPSA) is 43.8 Å². The average Bonchev–Trinajstić information content (AvgIpc) is 2.62. The maximum Gasteiger partial charge on any atom is 0.122 e. The number of aryl methyl sites for hydroxylation is 4. The Hall–Kier alpha value is -1.42. The van der Waals surface area contributed by atoms with Crippen molar-refractivity contribution in [2.24, 2.45) is 7.05 Å². The summed E-state index contributed by atoms with van der Waals surface area (Å²) < 4.78 is 1.89. The van der Waals surface area contributed by atoms with E-state index in [9.17, 15) is 0 Å². The molecule has 0 fully saturated rings. The molecule has 4 heteroatoms. The van der Waals surface area contributed by atoms with E-state index in [0.29, 0.717) is 0 Å². The van der Waals surface area contributed by atoms with E-state index < -0.39 is 0 Å². The highest BCUT2D eigenvalue weighted by atomic mass is 32.2. The summed E-state index contributed by atoms with van der Waals surface area (Å²) in [5.74, 6) is 0. The van der Waals surface area contributed by atoms with Crippen LogP contribution < -0.4 is 5.73 Å². The molecular formula is C15H21N3S. The summed E-state index contributed by atoms with van der Waals surface area (Å²) in [5, 5.41) is 5.54. The predicted octanol–water partition coefficient (Wildman–Crippen LogP) is 3.72. The van der Waals surface area contributed by atoms with Crippen LogP contribution >= 0.6 is 11.8 Å². The van der Waals surface area contributed by atoms with Crippen LogP contribution in [0.3, 0.4) is 0 Å². The van der Waals surface area contributed by atoms with Crippen molar-refractivity contribution in [3.05, 3.63) is 35.0 Å². The van der Waals surface area contributed by atoms with Gasteiger partial charge in [-0.05, 0) is 43.5 Å². The summed E-state index contributed by atoms with van der Waals surface area (Å²) in [6.45, 7) is 6.40. The first kappa shape index (κ1) is 14.0. The summed E-state index contributed by atoms with van der Waals surface area (Å²) in [7, 11) is 1.96. The van der Waals surface area contributed by atoms with E-state index in [0.717, 1.165) is 29.2 Å². The lowest BCUT2D eigenvalue weighted by Crippen LogP contribution is -1.94. The largest absolute Gasteiger partial charge is 0.395 e. The zero-order valence-corrected chi connectivity index (χ0v) is 12.8. The smallest absolute Gasteiger partial charge is 0.122 e. The predicted molar refractivity (Wildman–Crippen MR) is 81.7 cm³/mol. The van der Waals surface area contributed by atoms with Gasteiger partial charge in [-0.25, -0.2) is 0 Å². The second-order valence-corrected chi connectivity index (χ2v) is 5.95. The third-order valence-electron chi connectivity index (χ3n) is 3.29. The van der Waals surface area contributed by atoms with Crippen LogP contribution in [0.2, 0.25) is 0 Å². The maximum atomic E-state index is 6.20. The Morgan fingerprint density at radius 3 is 2.63 bits per heavy atom. The molecule has 2 N–H and O–H groups in total. The highest BCUT2D eigenvalue weighted by Gasteiger charge is 2.14. The molecule has 0 amide bonds. The molecule has 0 saturated heterocycles. The number of nitrogens with zero attached hydrogens (tertiary/aromatic N) is 2. The third kappa shape index (κ3) is 2.95. The molecule has 0 saturated carbocycles. The van der Waals surface area contributed by atoms with Gasteiger partial charge in [-0.1, -0.05) is 31.2 Å². The molecule has 0 aliphatic rings. The number of hydrogen-bond donors (Lipinski definition) is 1. The quantitative estimate of drug-likeness (QED) is 0.924. The Labute approximate surface area is 119 Å². The van der Waals surface area contributed by atoms with E-state index in [1.165, 1.54) is 16.0 Å². The molecule has 0 spiro atoms. The lowest BCUT2D eigenvalue weighted by Gasteiger charge is -2.06. The number of aromatic nitrogens is 2. The zero-order valence-electron chi connectivity index (χ0n) is 12.0. The lowest BCUT2D eigenvalue weighted by molar-refractivity contribution is 0.682. The second-order valence-electron chi connectivity index (χ2n) is 4.89. The zero-order chi connectivity index (χ0) is 14.0. The van der Waals surface area contributed by atoms with Crippen molar-refractivity contribution in [3.63, 3.8) is 0 Å². The van der Waals surface area contributed by atoms with Crippen LogP contribution in [0, 0.1) is 13.8 Å². The molecule has 0 aliphatic carbocycles. The van der Waals surface area contributed by atoms with Gasteiger partial charge >= 0.3 is 0 Å². The van der Waals surface area contributed by atoms with Crippen LogP contribution in [-0.4, -0.2) is 9.78 Å². The first-order valence-electron chi connectivity index (χ1n) is 6.59. The Kier molecular flexibility index (Phi) is 4.20. The minimum atomic E-state index is 0.826. The van der Waals surface area contributed by atoms with E-state index >= 15 is 0 Å². The lowest BCUT2D eigenvalue weighted by atomic mass is 10.1. The molecule has 2 aromatic rings. The fraction of sp³-hybridized carbons (Fsp3) is 0.400. The van der Waals surface area contributed by atoms with Crippen LogP contribution in [0.25, 0.3) is 0 Å². The van der Waals surface area contributed by atoms with Crippen LogP contribution in [-0.2, 0) is 13.5 Å². The number of rotatable bonds is 4. The standard InChI is InChI=1S/C15H21N3S/c1-5-6-13-14(16)15(18(4)17-13)19-12-8-7-10(2)11(3)9-12/h7-9H,5-6,16H2,1-4H3. The Morgan fingerprint density at radius 1 is 1.26 bits per heavy atom. The summed E-state index contributed by atoms with van der Waals surface area (Å²) >= 11 is 1.69. The molecule has 102 valence electrons. The minimum Gasteiger partial charge on any atom is -0.395 e. The van der Waals surface area contributed by atoms with Gasteiger partial charge < -0.3 is 5.73 Å². The number of hydrogen-bond acceptors (Lipinski definition) is 3. The Bertz CT molecular complexity index is 587. The number of nitrogens with two attached hydrogens (primary N) is 1. The van der Waals surface area contributed by atoms with Gasteiger partial charge in [0.15, 0.2) is 0 Å². The third-order valence-corrected chi connectivity index (χ3v) is 4.45. The summed E-state index contributed by atoms with van der Waals surface area (Å²) in [4.78, 5) is 1.21. The van der Waals surface area contributed by atoms with E-state index in [1.807, 2.05) is 11.7 Å². The normalized spacial score (nSPS) is 10.9. The molecule has 0 radical (unpaired) electrons. The number of benzene rings is 1. The molecule has 0 unspecified atom stereocenters. The summed E-state index contributed by atoms with van der Waals surface area (Å²) in [5.41, 5.74) is 10.7. The summed E-state index contributed by atoms with van der Waals surface area (Å²) in [6.07, 6.45) is 2.00. The molecule has 1 aromatic heterocycles. The van der Waals surface area contributed by atoms with Gasteiger partial charge in [0.1, 0.15) is 5.03 Å². The number of nitrogen functional groups attached to an aromatic ring is 1. The van der Waals surface area contributed by atoms with Crippen LogP contribution in [0.1, 0.15) is 30.2 Å². The van der Waals surface area contributed by atoms with Gasteiger partial charge in [0.25, 0.3) is 0 Å². The SMILES string of the molecule is CCCc1nn(C)c(Sc2ccc(C)c(C)c2)c1N. The van der Waals surface area contributed by atoms with Crippen LogP contribution in [0.15, 0.2) is 28.1 Å². The molecule has 1 heterocycles. The Balaban J connectivity index is 2.30. The van der Waals surface area contributed by atoms with E-state index in [4.69, 9.17) is 5.73 Å². The van der Waals surface area contributed by atoms with Crippen LogP contribution in [0.5, 0.6) is 0 Å². The minimum absolute atomic E-state index is 0.826. The monoisotopic (exact) mass is 275 g/mol. The van der Waals surface area contributed by atoms with Crippen molar-refractivity contribution in [1.29, 1.82) is 0 Å². The van der Waals surface area contributed by atoms with Crippen LogP contribution in [0.4, 0.5) is 5.69 Å². The van der Waals surface area contributed by atoms with E-state index in [-0.39, 0.29) is 0 Å². The van der Waals surface area contributed by atoms with Gasteiger partial charge in [-0.2, -0.15) is 5.10 Å². The second kappa shape index (κ2) is 5.70. The van der Waals surface area contributed by atoms with E-state index in [1.54, 1.807) is 11.8 Å². The first-order chi connectivity index (χ1) is 9.02. The van der Waals surface area contributed by atoms with Gasteiger partial charge in [0.2, 0.25) is 0 Å². The van der Waals surface area contributed by atoms with Crippen molar-refractivity contribution < 1.29 is 0 Å². The molecule has 0 atom stereocenters. The fourth-order valence-electron chi connectivity index (χ4n) is 2.01. The van der Waals surface area contributed by atoms with E-state index in [2.05, 4.69) is 44.1 Å². The molecular weight excluding hydrogens is 254 g/mol. The average molecular weight is 275 g/mol. The van der Waals surface area contributed by atoms with Gasteiger partial charge in [0.05, 0.1) is 11.4 Å². The van der Waals surface area contributed by atoms with Crippen molar-refractivity contribution in [2.75, 3.05) is 5.73 Å². The highest BCUT2D eigenvalue weighted by molar-refractivity contribution is 7.99. The number of anilines is 1. The maximum absolute atomic E-state index is 6.20. The Morgan fingerprint density at radius 2 is 2.00 bits per heavy atom. The molecule has 19 heavy (non-hydrogen) atoms. The van der Waals surface area contributed by atoms with Gasteiger partial charge in [-0.3, -0.25) is 4.68 Å². The van der Waals surface area contributed by atoms with Crippen molar-refractivity contribution in [3.8, 4) is 0 Å². The molecule has 2 rings (SSSR count). The fourth-order valence-corrected chi connectivity index (χ4v) is 3.01. The van der Waals surface area contributed by atoms with Gasteiger partial charge in [0, 0.05) is 11.9 Å². The highest BCUT2D eigenvalue weighted by Crippen LogP contribution is 2.34. The first-order valence-corrected chi connectivity index (χ1v) is 7.41. The molecule has 3 nitrogen and oxygen atoms in total. The van der Waals surface area contributed by atoms with Crippen molar-refractivity contribution in [1.82, 2.24) is 9.78 Å². The molecule has 0 aliphatic heterocycles. The van der Waals surface area contributed by atoms with Crippen molar-refractivity contribution in [2.45, 2.75) is 43.5 Å². The molecule has 0 bridgehead atoms. The van der Waals surface area contributed by atoms with Gasteiger partial charge in [-0.15, -0.1) is 0 Å².